The Balaban J connectivity index is 1.37. The quantitative estimate of drug-likeness (QED) is 0.578. The highest BCUT2D eigenvalue weighted by molar-refractivity contribution is 8.04. The van der Waals surface area contributed by atoms with Crippen LogP contribution in [-0.2, 0) is 11.3 Å². The number of carbonyl (C=O) groups excluding carboxylic acids is 2. The van der Waals surface area contributed by atoms with Gasteiger partial charge in [0.15, 0.2) is 0 Å². The van der Waals surface area contributed by atoms with Crippen molar-refractivity contribution < 1.29 is 9.59 Å². The summed E-state index contributed by atoms with van der Waals surface area (Å²) in [6, 6.07) is 15.9. The maximum Gasteiger partial charge on any atom is 0.260 e. The van der Waals surface area contributed by atoms with Gasteiger partial charge in [0.2, 0.25) is 0 Å². The van der Waals surface area contributed by atoms with Gasteiger partial charge in [-0.05, 0) is 67.2 Å². The Hall–Kier alpha value is -2.24. The highest BCUT2D eigenvalue weighted by Gasteiger charge is 2.40. The minimum atomic E-state index is -0.0208. The van der Waals surface area contributed by atoms with Crippen LogP contribution >= 0.6 is 23.4 Å². The van der Waals surface area contributed by atoms with E-state index in [1.54, 1.807) is 11.8 Å². The normalized spacial score (nSPS) is 24.3. The maximum absolute atomic E-state index is 13.5. The molecule has 2 saturated carbocycles. The summed E-state index contributed by atoms with van der Waals surface area (Å²) in [5.41, 5.74) is 2.67. The van der Waals surface area contributed by atoms with Crippen molar-refractivity contribution in [2.45, 2.75) is 62.4 Å². The Morgan fingerprint density at radius 2 is 1.88 bits per heavy atom. The molecule has 5 rings (SSSR count). The third kappa shape index (κ3) is 4.89. The number of thioether (sulfide) groups is 1. The molecule has 0 spiro atoms. The number of fused-ring (bicyclic) bond motifs is 1. The molecule has 2 atom stereocenters. The highest BCUT2D eigenvalue weighted by atomic mass is 35.5. The first kappa shape index (κ1) is 21.6. The van der Waals surface area contributed by atoms with Crippen LogP contribution in [0.2, 0.25) is 5.02 Å². The zero-order chi connectivity index (χ0) is 22.1. The molecule has 0 bridgehead atoms. The molecule has 2 aliphatic carbocycles. The van der Waals surface area contributed by atoms with E-state index in [1.165, 1.54) is 12.8 Å². The van der Waals surface area contributed by atoms with Gasteiger partial charge in [-0.2, -0.15) is 0 Å². The molecular weight excluding hydrogens is 440 g/mol. The number of hydrogen-bond donors (Lipinski definition) is 1. The molecular formula is C26H27ClN2O2S. The lowest BCUT2D eigenvalue weighted by molar-refractivity contribution is -0.130. The summed E-state index contributed by atoms with van der Waals surface area (Å²) in [6.45, 7) is 0.582. The molecule has 2 aromatic carbocycles. The topological polar surface area (TPSA) is 49.4 Å². The summed E-state index contributed by atoms with van der Waals surface area (Å²) in [4.78, 5) is 28.6. The van der Waals surface area contributed by atoms with E-state index in [0.717, 1.165) is 41.7 Å². The molecule has 0 aromatic heterocycles. The van der Waals surface area contributed by atoms with Crippen molar-refractivity contribution in [3.8, 4) is 0 Å². The number of benzene rings is 2. The van der Waals surface area contributed by atoms with Gasteiger partial charge in [0, 0.05) is 34.5 Å². The van der Waals surface area contributed by atoms with E-state index in [-0.39, 0.29) is 17.9 Å². The predicted octanol–water partition coefficient (Wildman–Crippen LogP) is 5.66. The van der Waals surface area contributed by atoms with Gasteiger partial charge in [-0.1, -0.05) is 48.7 Å². The monoisotopic (exact) mass is 466 g/mol. The second-order valence-corrected chi connectivity index (χ2v) is 10.7. The fraction of sp³-hybridized carbons (Fsp3) is 0.385. The lowest BCUT2D eigenvalue weighted by Crippen LogP contribution is -2.50. The van der Waals surface area contributed by atoms with Gasteiger partial charge < -0.3 is 10.2 Å². The van der Waals surface area contributed by atoms with Crippen molar-refractivity contribution in [3.05, 3.63) is 75.1 Å². The van der Waals surface area contributed by atoms with Gasteiger partial charge in [0.25, 0.3) is 11.8 Å². The molecule has 3 fully saturated rings. The Morgan fingerprint density at radius 1 is 1.09 bits per heavy atom. The smallest absolute Gasteiger partial charge is 0.260 e. The first-order valence-electron chi connectivity index (χ1n) is 11.4. The van der Waals surface area contributed by atoms with Gasteiger partial charge in [-0.3, -0.25) is 9.59 Å². The van der Waals surface area contributed by atoms with Gasteiger partial charge >= 0.3 is 0 Å². The molecule has 1 heterocycles. The van der Waals surface area contributed by atoms with Gasteiger partial charge in [-0.15, -0.1) is 11.8 Å². The van der Waals surface area contributed by atoms with E-state index in [0.29, 0.717) is 28.4 Å². The molecule has 2 amide bonds. The van der Waals surface area contributed by atoms with Gasteiger partial charge in [0.05, 0.1) is 4.91 Å². The van der Waals surface area contributed by atoms with Crippen molar-refractivity contribution >= 4 is 41.3 Å². The molecule has 3 aliphatic rings. The van der Waals surface area contributed by atoms with E-state index < -0.39 is 0 Å². The lowest BCUT2D eigenvalue weighted by atomic mass is 9.92. The Labute approximate surface area is 198 Å². The minimum Gasteiger partial charge on any atom is -0.349 e. The summed E-state index contributed by atoms with van der Waals surface area (Å²) in [6.07, 6.45) is 8.70. The van der Waals surface area contributed by atoms with Crippen LogP contribution in [0.25, 0.3) is 6.08 Å². The van der Waals surface area contributed by atoms with Gasteiger partial charge in [-0.25, -0.2) is 0 Å². The third-order valence-corrected chi connectivity index (χ3v) is 8.08. The number of carbonyl (C=O) groups is 2. The number of amides is 2. The van der Waals surface area contributed by atoms with Gasteiger partial charge in [0.1, 0.15) is 0 Å². The van der Waals surface area contributed by atoms with Crippen molar-refractivity contribution in [1.82, 2.24) is 10.2 Å². The van der Waals surface area contributed by atoms with E-state index in [1.807, 2.05) is 54.6 Å². The average molecular weight is 467 g/mol. The average Bonchev–Trinajstić information content (AvgIpc) is 3.61. The fourth-order valence-corrected chi connectivity index (χ4v) is 6.26. The SMILES string of the molecule is O=C(NC1CC1)c1ccc(/C=C2/SC3CCCCC3N(Cc3cccc(Cl)c3)C2=O)cc1. The van der Waals surface area contributed by atoms with Crippen LogP contribution in [0.3, 0.4) is 0 Å². The van der Waals surface area contributed by atoms with Crippen LogP contribution in [0.15, 0.2) is 53.4 Å². The van der Waals surface area contributed by atoms with E-state index in [9.17, 15) is 9.59 Å². The summed E-state index contributed by atoms with van der Waals surface area (Å²) >= 11 is 7.92. The van der Waals surface area contributed by atoms with Crippen LogP contribution in [0.4, 0.5) is 0 Å². The number of rotatable bonds is 5. The fourth-order valence-electron chi connectivity index (χ4n) is 4.57. The molecule has 1 saturated heterocycles. The summed E-state index contributed by atoms with van der Waals surface area (Å²) < 4.78 is 0. The predicted molar refractivity (Wildman–Crippen MR) is 131 cm³/mol. The number of nitrogens with one attached hydrogen (secondary N) is 1. The van der Waals surface area contributed by atoms with Crippen molar-refractivity contribution in [3.63, 3.8) is 0 Å². The molecule has 1 N–H and O–H groups in total. The third-order valence-electron chi connectivity index (χ3n) is 6.44. The van der Waals surface area contributed by atoms with Crippen LogP contribution in [0.1, 0.15) is 60.0 Å². The molecule has 4 nitrogen and oxygen atoms in total. The molecule has 32 heavy (non-hydrogen) atoms. The molecule has 0 radical (unpaired) electrons. The van der Waals surface area contributed by atoms with Crippen molar-refractivity contribution in [2.75, 3.05) is 0 Å². The molecule has 2 aromatic rings. The minimum absolute atomic E-state index is 0.0208. The standard InChI is InChI=1S/C26H27ClN2O2S/c27-20-5-3-4-18(14-20)16-29-22-6-1-2-7-23(22)32-24(26(29)31)15-17-8-10-19(11-9-17)25(30)28-21-12-13-21/h3-5,8-11,14-15,21-23H,1-2,6-7,12-13,16H2,(H,28,30)/b24-15+. The molecule has 2 unspecified atom stereocenters. The summed E-state index contributed by atoms with van der Waals surface area (Å²) in [5.74, 6) is 0.0706. The van der Waals surface area contributed by atoms with E-state index >= 15 is 0 Å². The first-order valence-corrected chi connectivity index (χ1v) is 12.7. The number of halogens is 1. The maximum atomic E-state index is 13.5. The van der Waals surface area contributed by atoms with Crippen molar-refractivity contribution in [2.24, 2.45) is 0 Å². The van der Waals surface area contributed by atoms with E-state index in [2.05, 4.69) is 10.2 Å². The van der Waals surface area contributed by atoms with Crippen LogP contribution < -0.4 is 5.32 Å². The highest BCUT2D eigenvalue weighted by Crippen LogP contribution is 2.42. The number of hydrogen-bond acceptors (Lipinski definition) is 3. The Kier molecular flexibility index (Phi) is 6.29. The van der Waals surface area contributed by atoms with Crippen LogP contribution in [0.5, 0.6) is 0 Å². The Bertz CT molecular complexity index is 1050. The van der Waals surface area contributed by atoms with Crippen LogP contribution in [0, 0.1) is 0 Å². The summed E-state index contributed by atoms with van der Waals surface area (Å²) in [7, 11) is 0. The second-order valence-electron chi connectivity index (χ2n) is 8.95. The zero-order valence-electron chi connectivity index (χ0n) is 17.9. The van der Waals surface area contributed by atoms with E-state index in [4.69, 9.17) is 11.6 Å². The molecule has 166 valence electrons. The van der Waals surface area contributed by atoms with Crippen molar-refractivity contribution in [1.29, 1.82) is 0 Å². The number of nitrogens with zero attached hydrogens (tertiary/aromatic N) is 1. The first-order chi connectivity index (χ1) is 15.6. The molecule has 1 aliphatic heterocycles. The lowest BCUT2D eigenvalue weighted by Gasteiger charge is -2.44. The zero-order valence-corrected chi connectivity index (χ0v) is 19.5. The second kappa shape index (κ2) is 9.32. The molecule has 6 heteroatoms. The largest absolute Gasteiger partial charge is 0.349 e. The Morgan fingerprint density at radius 3 is 2.62 bits per heavy atom. The summed E-state index contributed by atoms with van der Waals surface area (Å²) in [5, 5.41) is 4.14. The van der Waals surface area contributed by atoms with Crippen LogP contribution in [-0.4, -0.2) is 34.0 Å².